The van der Waals surface area contributed by atoms with Crippen LogP contribution in [-0.4, -0.2) is 0 Å². The van der Waals surface area contributed by atoms with Crippen molar-refractivity contribution in [2.75, 3.05) is 0 Å². The van der Waals surface area contributed by atoms with Crippen molar-refractivity contribution in [1.29, 1.82) is 0 Å². The van der Waals surface area contributed by atoms with Crippen LogP contribution in [0.5, 0.6) is 0 Å². The fourth-order valence-electron chi connectivity index (χ4n) is 0. The molecule has 2 heteroatoms. The van der Waals surface area contributed by atoms with Gasteiger partial charge in [0.25, 0.3) is 0 Å². The topological polar surface area (TPSA) is 0 Å². The molecule has 0 aliphatic rings. The Morgan fingerprint density at radius 2 is 1.00 bits per heavy atom. The first kappa shape index (κ1) is 15.7. The number of rotatable bonds is 1. The van der Waals surface area contributed by atoms with Crippen molar-refractivity contribution in [3.05, 3.63) is 13.8 Å². The second kappa shape index (κ2) is 16.2. The van der Waals surface area contributed by atoms with Gasteiger partial charge in [0.1, 0.15) is 0 Å². The van der Waals surface area contributed by atoms with Crippen LogP contribution in [0.3, 0.4) is 0 Å². The van der Waals surface area contributed by atoms with Crippen LogP contribution in [0.25, 0.3) is 0 Å². The Kier molecular flexibility index (Phi) is 42.2. The van der Waals surface area contributed by atoms with Crippen molar-refractivity contribution in [1.82, 2.24) is 0 Å². The molecule has 0 N–H and O–H groups in total. The minimum absolute atomic E-state index is 0. The van der Waals surface area contributed by atoms with Gasteiger partial charge in [0.2, 0.25) is 0 Å². The summed E-state index contributed by atoms with van der Waals surface area (Å²) in [5.41, 5.74) is 0. The van der Waals surface area contributed by atoms with Gasteiger partial charge in [-0.1, -0.05) is 0 Å². The molecule has 0 aromatic heterocycles. The zero-order chi connectivity index (χ0) is 3.41. The van der Waals surface area contributed by atoms with Gasteiger partial charge in [-0.3, -0.25) is 0 Å². The molecule has 0 radical (unpaired) electrons. The summed E-state index contributed by atoms with van der Waals surface area (Å²) < 4.78 is 0. The molecule has 0 saturated heterocycles. The SMILES string of the molecule is [CH2-]CC[CH2-].[W].[W]. The molecule has 0 saturated carbocycles. The van der Waals surface area contributed by atoms with E-state index in [1.165, 1.54) is 0 Å². The quantitative estimate of drug-likeness (QED) is 0.560. The Bertz CT molecular complexity index is 7.51. The average molecular weight is 424 g/mol. The van der Waals surface area contributed by atoms with Crippen LogP contribution in [0.4, 0.5) is 0 Å². The molecule has 6 heavy (non-hydrogen) atoms. The fourth-order valence-corrected chi connectivity index (χ4v) is 0. The summed E-state index contributed by atoms with van der Waals surface area (Å²) in [4.78, 5) is 0. The van der Waals surface area contributed by atoms with Crippen molar-refractivity contribution in [3.8, 4) is 0 Å². The van der Waals surface area contributed by atoms with Gasteiger partial charge in [0, 0.05) is 42.1 Å². The molecule has 0 spiro atoms. The third kappa shape index (κ3) is 18.2. The number of hydrogen-bond donors (Lipinski definition) is 0. The van der Waals surface area contributed by atoms with Crippen molar-refractivity contribution in [3.63, 3.8) is 0 Å². The first-order valence-electron chi connectivity index (χ1n) is 1.50. The monoisotopic (exact) mass is 424 g/mol. The largest absolute Gasteiger partial charge is 0.346 e. The number of unbranched alkanes of at least 4 members (excludes halogenated alkanes) is 1. The van der Waals surface area contributed by atoms with E-state index in [0.29, 0.717) is 0 Å². The van der Waals surface area contributed by atoms with E-state index in [1.54, 1.807) is 0 Å². The second-order valence-electron chi connectivity index (χ2n) is 0.707. The minimum atomic E-state index is 0. The smallest absolute Gasteiger partial charge is 0 e. The molecular formula is C4H8W2-2. The third-order valence-corrected chi connectivity index (χ3v) is 0.250. The van der Waals surface area contributed by atoms with Crippen LogP contribution < -0.4 is 0 Å². The molecule has 0 fully saturated rings. The van der Waals surface area contributed by atoms with E-state index < -0.39 is 0 Å². The van der Waals surface area contributed by atoms with Crippen LogP contribution >= 0.6 is 0 Å². The molecule has 0 nitrogen and oxygen atoms in total. The van der Waals surface area contributed by atoms with Gasteiger partial charge in [0.15, 0.2) is 0 Å². The Morgan fingerprint density at radius 3 is 1.00 bits per heavy atom. The summed E-state index contributed by atoms with van der Waals surface area (Å²) in [5, 5.41) is 0. The molecule has 0 bridgehead atoms. The first-order valence-corrected chi connectivity index (χ1v) is 1.50. The molecule has 0 unspecified atom stereocenters. The zero-order valence-corrected chi connectivity index (χ0v) is 9.51. The van der Waals surface area contributed by atoms with Crippen molar-refractivity contribution in [2.24, 2.45) is 0 Å². The van der Waals surface area contributed by atoms with Gasteiger partial charge in [-0.15, -0.1) is 0 Å². The Labute approximate surface area is 68.6 Å². The summed E-state index contributed by atoms with van der Waals surface area (Å²) in [6, 6.07) is 0. The molecule has 0 aliphatic carbocycles. The minimum Gasteiger partial charge on any atom is -0.346 e. The Balaban J connectivity index is -0.0000000450. The van der Waals surface area contributed by atoms with Crippen molar-refractivity contribution in [2.45, 2.75) is 12.8 Å². The second-order valence-corrected chi connectivity index (χ2v) is 0.707. The standard InChI is InChI=1S/C4H8.2W/c1-3-4-2;;/h1-4H2;;/q-2;;. The predicted molar refractivity (Wildman–Crippen MR) is 19.9 cm³/mol. The van der Waals surface area contributed by atoms with Gasteiger partial charge in [-0.2, -0.15) is 0 Å². The molecule has 38 valence electrons. The summed E-state index contributed by atoms with van der Waals surface area (Å²) in [6.07, 6.45) is 1.92. The Morgan fingerprint density at radius 1 is 0.833 bits per heavy atom. The molecule has 0 aromatic rings. The van der Waals surface area contributed by atoms with Gasteiger partial charge in [0.05, 0.1) is 0 Å². The van der Waals surface area contributed by atoms with Gasteiger partial charge in [-0.25, -0.2) is 12.8 Å². The van der Waals surface area contributed by atoms with E-state index in [9.17, 15) is 0 Å². The third-order valence-electron chi connectivity index (χ3n) is 0.250. The molecule has 0 heterocycles. The summed E-state index contributed by atoms with van der Waals surface area (Å²) in [7, 11) is 0. The Hall–Kier alpha value is 1.38. The van der Waals surface area contributed by atoms with Gasteiger partial charge < -0.3 is 13.8 Å². The maximum atomic E-state index is 3.54. The molecular weight excluding hydrogens is 416 g/mol. The molecule has 0 atom stereocenters. The summed E-state index contributed by atoms with van der Waals surface area (Å²) in [6.45, 7) is 7.08. The van der Waals surface area contributed by atoms with Crippen LogP contribution in [0, 0.1) is 13.8 Å². The maximum Gasteiger partial charge on any atom is 0 e. The van der Waals surface area contributed by atoms with Gasteiger partial charge >= 0.3 is 0 Å². The normalized spacial score (nSPS) is 5.00. The maximum absolute atomic E-state index is 3.54. The fraction of sp³-hybridized carbons (Fsp3) is 0.500. The molecule has 0 amide bonds. The van der Waals surface area contributed by atoms with Crippen LogP contribution in [0.1, 0.15) is 12.8 Å². The first-order chi connectivity index (χ1) is 1.91. The van der Waals surface area contributed by atoms with Crippen LogP contribution in [-0.2, 0) is 42.1 Å². The summed E-state index contributed by atoms with van der Waals surface area (Å²) >= 11 is 0. The van der Waals surface area contributed by atoms with E-state index >= 15 is 0 Å². The van der Waals surface area contributed by atoms with Gasteiger partial charge in [-0.05, 0) is 0 Å². The molecule has 0 aliphatic heterocycles. The van der Waals surface area contributed by atoms with E-state index in [4.69, 9.17) is 0 Å². The van der Waals surface area contributed by atoms with Crippen LogP contribution in [0.15, 0.2) is 0 Å². The number of hydrogen-bond acceptors (Lipinski definition) is 0. The van der Waals surface area contributed by atoms with Crippen LogP contribution in [0.2, 0.25) is 0 Å². The zero-order valence-electron chi connectivity index (χ0n) is 3.64. The van der Waals surface area contributed by atoms with E-state index in [1.807, 2.05) is 0 Å². The summed E-state index contributed by atoms with van der Waals surface area (Å²) in [5.74, 6) is 0. The molecule has 0 aromatic carbocycles. The average Bonchev–Trinajstić information content (AvgIpc) is 1.37. The van der Waals surface area contributed by atoms with Crippen molar-refractivity contribution >= 4 is 0 Å². The van der Waals surface area contributed by atoms with Crippen molar-refractivity contribution < 1.29 is 42.1 Å². The predicted octanol–water partition coefficient (Wildman–Crippen LogP) is 1.43. The molecule has 0 rings (SSSR count). The van der Waals surface area contributed by atoms with E-state index in [0.717, 1.165) is 12.8 Å². The van der Waals surface area contributed by atoms with E-state index in [-0.39, 0.29) is 42.1 Å². The van der Waals surface area contributed by atoms with E-state index in [2.05, 4.69) is 13.8 Å².